The van der Waals surface area contributed by atoms with Gasteiger partial charge in [0.05, 0.1) is 17.6 Å². The molecule has 1 rings (SSSR count). The Morgan fingerprint density at radius 3 is 2.55 bits per heavy atom. The maximum Gasteiger partial charge on any atom is 0.338 e. The Morgan fingerprint density at radius 2 is 1.95 bits per heavy atom. The number of nitrogens with one attached hydrogen (secondary N) is 1. The topological polar surface area (TPSA) is 108 Å². The normalized spacial score (nSPS) is 10.1. The second-order valence-electron chi connectivity index (χ2n) is 4.32. The molecule has 0 atom stereocenters. The van der Waals surface area contributed by atoms with E-state index in [4.69, 9.17) is 4.74 Å². The third-order valence-corrected chi connectivity index (χ3v) is 2.77. The Labute approximate surface area is 127 Å². The molecule has 0 fully saturated rings. The first-order valence-corrected chi connectivity index (χ1v) is 6.73. The molecule has 120 valence electrons. The van der Waals surface area contributed by atoms with Gasteiger partial charge in [0.1, 0.15) is 0 Å². The Morgan fingerprint density at radius 1 is 1.27 bits per heavy atom. The number of hydrogen-bond acceptors (Lipinski definition) is 6. The summed E-state index contributed by atoms with van der Waals surface area (Å²) in [6.45, 7) is 3.35. The smallest absolute Gasteiger partial charge is 0.338 e. The molecule has 8 nitrogen and oxygen atoms in total. The van der Waals surface area contributed by atoms with Crippen molar-refractivity contribution in [1.82, 2.24) is 5.32 Å². The van der Waals surface area contributed by atoms with Crippen LogP contribution in [0.3, 0.4) is 0 Å². The molecule has 8 heteroatoms. The van der Waals surface area contributed by atoms with Crippen molar-refractivity contribution in [3.05, 3.63) is 39.4 Å². The van der Waals surface area contributed by atoms with Crippen LogP contribution >= 0.6 is 0 Å². The number of benzene rings is 1. The summed E-state index contributed by atoms with van der Waals surface area (Å²) < 4.78 is 9.66. The second-order valence-corrected chi connectivity index (χ2v) is 4.32. The van der Waals surface area contributed by atoms with Crippen LogP contribution in [-0.2, 0) is 9.47 Å². The summed E-state index contributed by atoms with van der Waals surface area (Å²) >= 11 is 0. The summed E-state index contributed by atoms with van der Waals surface area (Å²) in [5, 5.41) is 13.5. The number of nitrogens with zero attached hydrogens (tertiary/aromatic N) is 1. The van der Waals surface area contributed by atoms with E-state index >= 15 is 0 Å². The molecule has 1 aromatic carbocycles. The zero-order valence-electron chi connectivity index (χ0n) is 12.5. The van der Waals surface area contributed by atoms with Gasteiger partial charge in [0, 0.05) is 37.5 Å². The standard InChI is InChI=1S/C14H18N2O6/c1-3-22-6-4-5-15-13(17)10-7-11(14(18)21-2)9-12(8-10)16(19)20/h7-9H,3-6H2,1-2H3,(H,15,17). The van der Waals surface area contributed by atoms with Gasteiger partial charge in [-0.25, -0.2) is 4.79 Å². The fourth-order valence-corrected chi connectivity index (χ4v) is 1.71. The van der Waals surface area contributed by atoms with Crippen LogP contribution in [0.1, 0.15) is 34.1 Å². The molecule has 0 radical (unpaired) electrons. The molecule has 22 heavy (non-hydrogen) atoms. The van der Waals surface area contributed by atoms with Crippen molar-refractivity contribution in [1.29, 1.82) is 0 Å². The van der Waals surface area contributed by atoms with Gasteiger partial charge in [-0.15, -0.1) is 0 Å². The zero-order valence-corrected chi connectivity index (χ0v) is 12.5. The molecule has 1 amide bonds. The number of hydrogen-bond donors (Lipinski definition) is 1. The monoisotopic (exact) mass is 310 g/mol. The van der Waals surface area contributed by atoms with Crippen LogP contribution in [0.4, 0.5) is 5.69 Å². The number of carbonyl (C=O) groups excluding carboxylic acids is 2. The van der Waals surface area contributed by atoms with Crippen molar-refractivity contribution in [3.8, 4) is 0 Å². The molecule has 0 aromatic heterocycles. The van der Waals surface area contributed by atoms with Gasteiger partial charge in [0.2, 0.25) is 0 Å². The van der Waals surface area contributed by atoms with Crippen molar-refractivity contribution < 1.29 is 24.0 Å². The van der Waals surface area contributed by atoms with Gasteiger partial charge in [0.25, 0.3) is 11.6 Å². The van der Waals surface area contributed by atoms with E-state index in [0.29, 0.717) is 26.2 Å². The average Bonchev–Trinajstić information content (AvgIpc) is 2.53. The minimum absolute atomic E-state index is 0.0333. The van der Waals surface area contributed by atoms with Crippen LogP contribution in [0.15, 0.2) is 18.2 Å². The molecule has 0 saturated carbocycles. The van der Waals surface area contributed by atoms with Gasteiger partial charge >= 0.3 is 5.97 Å². The Hall–Kier alpha value is -2.48. The number of esters is 1. The van der Waals surface area contributed by atoms with Crippen molar-refractivity contribution in [2.45, 2.75) is 13.3 Å². The highest BCUT2D eigenvalue weighted by atomic mass is 16.6. The fraction of sp³-hybridized carbons (Fsp3) is 0.429. The summed E-state index contributed by atoms with van der Waals surface area (Å²) in [4.78, 5) is 33.7. The van der Waals surface area contributed by atoms with E-state index in [-0.39, 0.29) is 16.8 Å². The minimum Gasteiger partial charge on any atom is -0.465 e. The maximum absolute atomic E-state index is 12.0. The predicted molar refractivity (Wildman–Crippen MR) is 77.9 cm³/mol. The molecule has 0 aliphatic carbocycles. The first kappa shape index (κ1) is 17.6. The summed E-state index contributed by atoms with van der Waals surface area (Å²) in [6.07, 6.45) is 0.623. The van der Waals surface area contributed by atoms with Crippen LogP contribution in [0.25, 0.3) is 0 Å². The molecule has 0 heterocycles. The van der Waals surface area contributed by atoms with E-state index in [2.05, 4.69) is 10.1 Å². The van der Waals surface area contributed by atoms with Gasteiger partial charge in [-0.2, -0.15) is 0 Å². The van der Waals surface area contributed by atoms with Gasteiger partial charge in [-0.1, -0.05) is 0 Å². The van der Waals surface area contributed by atoms with Gasteiger partial charge in [0.15, 0.2) is 0 Å². The summed E-state index contributed by atoms with van der Waals surface area (Å²) in [6, 6.07) is 3.44. The highest BCUT2D eigenvalue weighted by Crippen LogP contribution is 2.18. The number of nitro benzene ring substituents is 1. The Kier molecular flexibility index (Phi) is 6.97. The van der Waals surface area contributed by atoms with Gasteiger partial charge < -0.3 is 14.8 Å². The van der Waals surface area contributed by atoms with Crippen LogP contribution in [0.5, 0.6) is 0 Å². The van der Waals surface area contributed by atoms with E-state index in [0.717, 1.165) is 19.2 Å². The third kappa shape index (κ3) is 5.13. The molecule has 0 spiro atoms. The van der Waals surface area contributed by atoms with E-state index in [1.165, 1.54) is 6.07 Å². The molecule has 0 aliphatic rings. The number of rotatable bonds is 8. The lowest BCUT2D eigenvalue weighted by atomic mass is 10.1. The maximum atomic E-state index is 12.0. The first-order valence-electron chi connectivity index (χ1n) is 6.73. The van der Waals surface area contributed by atoms with Crippen LogP contribution in [0.2, 0.25) is 0 Å². The fourth-order valence-electron chi connectivity index (χ4n) is 1.71. The molecule has 0 aliphatic heterocycles. The van der Waals surface area contributed by atoms with E-state index < -0.39 is 16.8 Å². The predicted octanol–water partition coefficient (Wildman–Crippen LogP) is 1.54. The lowest BCUT2D eigenvalue weighted by molar-refractivity contribution is -0.384. The number of methoxy groups -OCH3 is 1. The molecule has 0 bridgehead atoms. The van der Waals surface area contributed by atoms with Crippen molar-refractivity contribution in [3.63, 3.8) is 0 Å². The second kappa shape index (κ2) is 8.73. The summed E-state index contributed by atoms with van der Waals surface area (Å²) in [5.41, 5.74) is -0.357. The Bertz CT molecular complexity index is 558. The molecular weight excluding hydrogens is 292 g/mol. The number of non-ortho nitro benzene ring substituents is 1. The van der Waals surface area contributed by atoms with Crippen molar-refractivity contribution in [2.75, 3.05) is 26.9 Å². The molecule has 1 aromatic rings. The SMILES string of the molecule is CCOCCCNC(=O)c1cc(C(=O)OC)cc([N+](=O)[O-])c1. The average molecular weight is 310 g/mol. The van der Waals surface area contributed by atoms with E-state index in [1.54, 1.807) is 0 Å². The number of nitro groups is 1. The van der Waals surface area contributed by atoms with Crippen LogP contribution in [0, 0.1) is 10.1 Å². The van der Waals surface area contributed by atoms with Gasteiger partial charge in [-0.05, 0) is 19.4 Å². The van der Waals surface area contributed by atoms with E-state index in [1.807, 2.05) is 6.92 Å². The van der Waals surface area contributed by atoms with Gasteiger partial charge in [-0.3, -0.25) is 14.9 Å². The molecular formula is C14H18N2O6. The largest absolute Gasteiger partial charge is 0.465 e. The molecule has 1 N–H and O–H groups in total. The first-order chi connectivity index (χ1) is 10.5. The minimum atomic E-state index is -0.742. The number of ether oxygens (including phenoxy) is 2. The van der Waals surface area contributed by atoms with Crippen molar-refractivity contribution >= 4 is 17.6 Å². The summed E-state index contributed by atoms with van der Waals surface area (Å²) in [5.74, 6) is -1.24. The van der Waals surface area contributed by atoms with E-state index in [9.17, 15) is 19.7 Å². The van der Waals surface area contributed by atoms with Crippen LogP contribution < -0.4 is 5.32 Å². The van der Waals surface area contributed by atoms with Crippen molar-refractivity contribution in [2.24, 2.45) is 0 Å². The quantitative estimate of drug-likeness (QED) is 0.338. The highest BCUT2D eigenvalue weighted by Gasteiger charge is 2.18. The summed E-state index contributed by atoms with van der Waals surface area (Å²) in [7, 11) is 1.16. The molecule has 0 saturated heterocycles. The lowest BCUT2D eigenvalue weighted by Crippen LogP contribution is -2.25. The number of carbonyl (C=O) groups is 2. The third-order valence-electron chi connectivity index (χ3n) is 2.77. The Balaban J connectivity index is 2.83. The highest BCUT2D eigenvalue weighted by molar-refractivity contribution is 5.98. The zero-order chi connectivity index (χ0) is 16.5. The molecule has 0 unspecified atom stereocenters. The lowest BCUT2D eigenvalue weighted by Gasteiger charge is -2.07. The van der Waals surface area contributed by atoms with Crippen LogP contribution in [-0.4, -0.2) is 43.7 Å². The number of amides is 1.